The molecule has 4 heteroatoms. The molecule has 0 bridgehead atoms. The second-order valence-corrected chi connectivity index (χ2v) is 5.95. The number of allylic oxidation sites excluding steroid dienone is 10. The Hall–Kier alpha value is -2.23. The van der Waals surface area contributed by atoms with Crippen molar-refractivity contribution < 1.29 is 9.72 Å². The maximum Gasteiger partial charge on any atom is 0.203 e. The summed E-state index contributed by atoms with van der Waals surface area (Å²) in [6.07, 6.45) is 31.2. The van der Waals surface area contributed by atoms with Crippen LogP contribution in [0.3, 0.4) is 0 Å². The van der Waals surface area contributed by atoms with E-state index in [0.717, 1.165) is 57.7 Å². The summed E-state index contributed by atoms with van der Waals surface area (Å²) in [6.45, 7) is 0.0925. The molecule has 0 atom stereocenters. The quantitative estimate of drug-likeness (QED) is 0.103. The van der Waals surface area contributed by atoms with Crippen LogP contribution in [0.2, 0.25) is 0 Å². The number of hydrogen-bond donors (Lipinski definition) is 0. The Morgan fingerprint density at radius 3 is 1.50 bits per heavy atom. The fraction of sp³-hybridized carbons (Fsp3) is 0.500. The Kier molecular flexibility index (Phi) is 19.0. The van der Waals surface area contributed by atoms with Crippen molar-refractivity contribution >= 4 is 6.29 Å². The van der Waals surface area contributed by atoms with Crippen LogP contribution in [0.4, 0.5) is 0 Å². The van der Waals surface area contributed by atoms with Gasteiger partial charge in [0.25, 0.3) is 0 Å². The van der Waals surface area contributed by atoms with Crippen LogP contribution in [0.5, 0.6) is 0 Å². The van der Waals surface area contributed by atoms with Gasteiger partial charge in [-0.3, -0.25) is 10.1 Å². The average molecular weight is 360 g/mol. The molecule has 0 radical (unpaired) electrons. The lowest BCUT2D eigenvalue weighted by atomic mass is 10.2. The van der Waals surface area contributed by atoms with Gasteiger partial charge in [0.1, 0.15) is 6.29 Å². The number of unbranched alkanes of at least 4 members (excludes halogenated alkanes) is 4. The Morgan fingerprint density at radius 1 is 0.577 bits per heavy atom. The zero-order valence-electron chi connectivity index (χ0n) is 15.8. The van der Waals surface area contributed by atoms with Gasteiger partial charge in [-0.05, 0) is 51.4 Å². The van der Waals surface area contributed by atoms with Gasteiger partial charge in [0.15, 0.2) is 0 Å². The topological polar surface area (TPSA) is 60.2 Å². The summed E-state index contributed by atoms with van der Waals surface area (Å²) in [5.41, 5.74) is 0. The van der Waals surface area contributed by atoms with Gasteiger partial charge in [-0.2, -0.15) is 0 Å². The predicted octanol–water partition coefficient (Wildman–Crippen LogP) is 6.14. The van der Waals surface area contributed by atoms with Gasteiger partial charge in [-0.15, -0.1) is 0 Å². The normalized spacial score (nSPS) is 12.5. The van der Waals surface area contributed by atoms with E-state index in [4.69, 9.17) is 0 Å². The van der Waals surface area contributed by atoms with Gasteiger partial charge >= 0.3 is 0 Å². The molecule has 0 aliphatic heterocycles. The van der Waals surface area contributed by atoms with E-state index in [1.807, 2.05) is 6.08 Å². The molecule has 0 saturated heterocycles. The molecule has 0 N–H and O–H groups in total. The minimum absolute atomic E-state index is 0.0925. The van der Waals surface area contributed by atoms with Gasteiger partial charge in [0.05, 0.1) is 0 Å². The first-order valence-corrected chi connectivity index (χ1v) is 9.57. The lowest BCUT2D eigenvalue weighted by Gasteiger charge is -1.93. The zero-order chi connectivity index (χ0) is 19.1. The van der Waals surface area contributed by atoms with Crippen LogP contribution >= 0.6 is 0 Å². The Labute approximate surface area is 158 Å². The fourth-order valence-corrected chi connectivity index (χ4v) is 2.16. The molecule has 0 aromatic heterocycles. The molecule has 0 aromatic carbocycles. The molecule has 0 aromatic rings. The van der Waals surface area contributed by atoms with Crippen molar-refractivity contribution in [2.24, 2.45) is 0 Å². The van der Waals surface area contributed by atoms with Crippen LogP contribution in [-0.2, 0) is 4.79 Å². The fourth-order valence-electron chi connectivity index (χ4n) is 2.16. The van der Waals surface area contributed by atoms with E-state index in [0.29, 0.717) is 12.8 Å². The Balaban J connectivity index is 3.44. The van der Waals surface area contributed by atoms with Crippen molar-refractivity contribution in [3.05, 3.63) is 70.9 Å². The van der Waals surface area contributed by atoms with Crippen LogP contribution in [0, 0.1) is 10.1 Å². The summed E-state index contributed by atoms with van der Waals surface area (Å²) in [7, 11) is 0. The smallest absolute Gasteiger partial charge is 0.203 e. The minimum Gasteiger partial charge on any atom is -0.303 e. The SMILES string of the molecule is O=CCCC=CCC=CCC=CCC=CCC=CCCCCC[N+](=O)[O-]. The number of rotatable bonds is 17. The van der Waals surface area contributed by atoms with E-state index in [1.54, 1.807) is 0 Å². The predicted molar refractivity (Wildman–Crippen MR) is 110 cm³/mol. The monoisotopic (exact) mass is 359 g/mol. The van der Waals surface area contributed by atoms with Crippen molar-refractivity contribution in [2.45, 2.75) is 64.2 Å². The zero-order valence-corrected chi connectivity index (χ0v) is 15.8. The third-order valence-electron chi connectivity index (χ3n) is 3.58. The van der Waals surface area contributed by atoms with Gasteiger partial charge < -0.3 is 4.79 Å². The van der Waals surface area contributed by atoms with E-state index < -0.39 is 0 Å². The highest BCUT2D eigenvalue weighted by atomic mass is 16.6. The van der Waals surface area contributed by atoms with Crippen LogP contribution in [0.25, 0.3) is 0 Å². The van der Waals surface area contributed by atoms with Crippen molar-refractivity contribution in [1.29, 1.82) is 0 Å². The summed E-state index contributed by atoms with van der Waals surface area (Å²) in [4.78, 5) is 20.1. The maximum absolute atomic E-state index is 10.2. The molecular weight excluding hydrogens is 326 g/mol. The molecule has 0 aliphatic carbocycles. The number of aldehydes is 1. The van der Waals surface area contributed by atoms with Crippen molar-refractivity contribution in [3.63, 3.8) is 0 Å². The summed E-state index contributed by atoms with van der Waals surface area (Å²) in [6, 6.07) is 0. The first kappa shape index (κ1) is 23.8. The second-order valence-electron chi connectivity index (χ2n) is 5.95. The third-order valence-corrected chi connectivity index (χ3v) is 3.58. The third kappa shape index (κ3) is 21.8. The van der Waals surface area contributed by atoms with Crippen LogP contribution in [0.15, 0.2) is 60.8 Å². The standard InChI is InChI=1S/C22H33NO3/c24-22-20-18-16-14-12-10-8-6-4-2-1-3-5-7-9-11-13-15-17-19-21-23(25)26/h2-5,8-11,14,16,22H,1,6-7,12-13,15,17-21H2. The first-order valence-electron chi connectivity index (χ1n) is 9.57. The highest BCUT2D eigenvalue weighted by molar-refractivity contribution is 5.49. The maximum atomic E-state index is 10.2. The molecule has 0 fully saturated rings. The molecule has 0 heterocycles. The molecule has 4 nitrogen and oxygen atoms in total. The Morgan fingerprint density at radius 2 is 1.04 bits per heavy atom. The molecule has 0 spiro atoms. The summed E-state index contributed by atoms with van der Waals surface area (Å²) in [5, 5.41) is 10.2. The minimum atomic E-state index is -0.247. The van der Waals surface area contributed by atoms with Crippen molar-refractivity contribution in [1.82, 2.24) is 0 Å². The van der Waals surface area contributed by atoms with Crippen molar-refractivity contribution in [3.8, 4) is 0 Å². The molecule has 26 heavy (non-hydrogen) atoms. The largest absolute Gasteiger partial charge is 0.303 e. The summed E-state index contributed by atoms with van der Waals surface area (Å²) >= 11 is 0. The van der Waals surface area contributed by atoms with Gasteiger partial charge in [-0.25, -0.2) is 0 Å². The number of nitrogens with zero attached hydrogens (tertiary/aromatic N) is 1. The summed E-state index contributed by atoms with van der Waals surface area (Å²) in [5.74, 6) is 0. The molecule has 0 unspecified atom stereocenters. The van der Waals surface area contributed by atoms with Gasteiger partial charge in [-0.1, -0.05) is 60.8 Å². The highest BCUT2D eigenvalue weighted by Gasteiger charge is 1.94. The summed E-state index contributed by atoms with van der Waals surface area (Å²) < 4.78 is 0. The van der Waals surface area contributed by atoms with E-state index in [2.05, 4.69) is 54.7 Å². The molecule has 0 rings (SSSR count). The van der Waals surface area contributed by atoms with Gasteiger partial charge in [0, 0.05) is 17.8 Å². The highest BCUT2D eigenvalue weighted by Crippen LogP contribution is 2.02. The molecule has 0 aliphatic rings. The van der Waals surface area contributed by atoms with Crippen LogP contribution in [-0.4, -0.2) is 17.8 Å². The molecule has 0 saturated carbocycles. The second kappa shape index (κ2) is 20.8. The lowest BCUT2D eigenvalue weighted by Crippen LogP contribution is -1.99. The number of carbonyl (C=O) groups excluding carboxylic acids is 1. The lowest BCUT2D eigenvalue weighted by molar-refractivity contribution is -0.480. The van der Waals surface area contributed by atoms with Crippen LogP contribution in [0.1, 0.15) is 64.2 Å². The van der Waals surface area contributed by atoms with E-state index in [1.165, 1.54) is 0 Å². The number of carbonyl (C=O) groups is 1. The molecule has 144 valence electrons. The number of nitro groups is 1. The van der Waals surface area contributed by atoms with E-state index in [-0.39, 0.29) is 11.5 Å². The average Bonchev–Trinajstić information content (AvgIpc) is 2.62. The Bertz CT molecular complexity index is 488. The van der Waals surface area contributed by atoms with Gasteiger partial charge in [0.2, 0.25) is 6.54 Å². The first-order chi connectivity index (χ1) is 12.8. The molecule has 0 amide bonds. The van der Waals surface area contributed by atoms with Crippen LogP contribution < -0.4 is 0 Å². The molecular formula is C22H33NO3. The van der Waals surface area contributed by atoms with E-state index >= 15 is 0 Å². The van der Waals surface area contributed by atoms with Crippen molar-refractivity contribution in [2.75, 3.05) is 6.54 Å². The number of hydrogen-bond acceptors (Lipinski definition) is 3. The van der Waals surface area contributed by atoms with E-state index in [9.17, 15) is 14.9 Å².